The zero-order valence-corrected chi connectivity index (χ0v) is 19.8. The molecule has 0 aliphatic carbocycles. The maximum absolute atomic E-state index is 12.7. The average Bonchev–Trinajstić information content (AvgIpc) is 2.90. The maximum Gasteiger partial charge on any atom is 0.307 e. The number of rotatable bonds is 8. The Kier molecular flexibility index (Phi) is 10.4. The van der Waals surface area contributed by atoms with Crippen molar-refractivity contribution >= 4 is 11.9 Å². The highest BCUT2D eigenvalue weighted by atomic mass is 16.8. The third-order valence-electron chi connectivity index (χ3n) is 5.35. The van der Waals surface area contributed by atoms with E-state index < -0.39 is 48.9 Å². The lowest BCUT2D eigenvalue weighted by atomic mass is 9.97. The molecule has 0 unspecified atom stereocenters. The summed E-state index contributed by atoms with van der Waals surface area (Å²) >= 11 is 0. The van der Waals surface area contributed by atoms with Gasteiger partial charge in [-0.15, -0.1) is 12.8 Å². The molecule has 2 heterocycles. The van der Waals surface area contributed by atoms with Crippen LogP contribution in [0.3, 0.4) is 0 Å². The van der Waals surface area contributed by atoms with Gasteiger partial charge in [0.1, 0.15) is 12.2 Å². The van der Waals surface area contributed by atoms with Crippen LogP contribution in [0.5, 0.6) is 0 Å². The van der Waals surface area contributed by atoms with Crippen LogP contribution in [0.25, 0.3) is 0 Å². The van der Waals surface area contributed by atoms with Gasteiger partial charge in [-0.1, -0.05) is 42.2 Å². The number of ether oxygens (including phenoxy) is 6. The summed E-state index contributed by atoms with van der Waals surface area (Å²) in [4.78, 5) is 25.2. The van der Waals surface area contributed by atoms with Gasteiger partial charge < -0.3 is 28.4 Å². The Morgan fingerprint density at radius 1 is 0.944 bits per heavy atom. The summed E-state index contributed by atoms with van der Waals surface area (Å²) in [6.07, 6.45) is 5.29. The van der Waals surface area contributed by atoms with Gasteiger partial charge in [0.05, 0.1) is 19.4 Å². The molecule has 0 spiro atoms. The van der Waals surface area contributed by atoms with Crippen molar-refractivity contribution in [3.63, 3.8) is 0 Å². The second kappa shape index (κ2) is 14.0. The van der Waals surface area contributed by atoms with Crippen LogP contribution >= 0.6 is 0 Å². The Bertz CT molecular complexity index is 1110. The minimum Gasteiger partial charge on any atom is -0.455 e. The first kappa shape index (κ1) is 26.8. The summed E-state index contributed by atoms with van der Waals surface area (Å²) in [5, 5.41) is 0. The monoisotopic (exact) mass is 490 g/mol. The molecule has 0 saturated carbocycles. The van der Waals surface area contributed by atoms with E-state index in [0.717, 1.165) is 5.56 Å². The first-order chi connectivity index (χ1) is 17.6. The fourth-order valence-electron chi connectivity index (χ4n) is 3.75. The Morgan fingerprint density at radius 3 is 2.14 bits per heavy atom. The molecule has 2 saturated heterocycles. The van der Waals surface area contributed by atoms with E-state index in [1.807, 2.05) is 30.3 Å². The molecule has 6 atom stereocenters. The molecule has 2 fully saturated rings. The van der Waals surface area contributed by atoms with Gasteiger partial charge in [0.15, 0.2) is 24.8 Å². The van der Waals surface area contributed by atoms with Crippen molar-refractivity contribution in [1.82, 2.24) is 0 Å². The number of fused-ring (bicyclic) bond motifs is 1. The van der Waals surface area contributed by atoms with Crippen molar-refractivity contribution < 1.29 is 38.0 Å². The molecule has 186 valence electrons. The molecule has 0 N–H and O–H groups in total. The number of carbonyl (C=O) groups excluding carboxylic acids is 2. The number of methoxy groups -OCH3 is 1. The fraction of sp³-hybridized carbons (Fsp3) is 0.429. The highest BCUT2D eigenvalue weighted by Gasteiger charge is 2.53. The predicted octanol–water partition coefficient (Wildman–Crippen LogP) is 2.13. The van der Waals surface area contributed by atoms with Crippen LogP contribution < -0.4 is 0 Å². The topological polar surface area (TPSA) is 89.5 Å². The Labute approximate surface area is 210 Å². The maximum atomic E-state index is 12.7. The first-order valence-electron chi connectivity index (χ1n) is 11.3. The minimum atomic E-state index is -1.10. The molecule has 0 aromatic heterocycles. The van der Waals surface area contributed by atoms with E-state index >= 15 is 0 Å². The average molecular weight is 491 g/mol. The van der Waals surface area contributed by atoms with E-state index in [0.29, 0.717) is 0 Å². The number of esters is 2. The van der Waals surface area contributed by atoms with E-state index in [1.54, 1.807) is 0 Å². The zero-order chi connectivity index (χ0) is 25.8. The lowest BCUT2D eigenvalue weighted by molar-refractivity contribution is -0.359. The summed E-state index contributed by atoms with van der Waals surface area (Å²) in [5.41, 5.74) is 0.778. The molecule has 0 bridgehead atoms. The largest absolute Gasteiger partial charge is 0.455 e. The van der Waals surface area contributed by atoms with Crippen molar-refractivity contribution in [3.8, 4) is 48.4 Å². The molecule has 2 aliphatic heterocycles. The number of terminal acetylenes is 2. The summed E-state index contributed by atoms with van der Waals surface area (Å²) in [5.74, 6) is 13.5. The SMILES string of the molecule is C#CC#CCCC(=O)O[C@@H]1[C@@H](OC(=O)CCC#CC#C)[C@@H](OC)O[C@@H]2CO[C@@H](c3ccccc3)O[C@@H]12. The number of carbonyl (C=O) groups is 2. The Morgan fingerprint density at radius 2 is 1.56 bits per heavy atom. The van der Waals surface area contributed by atoms with Gasteiger partial charge in [-0.05, 0) is 23.7 Å². The number of hydrogen-bond acceptors (Lipinski definition) is 8. The third kappa shape index (κ3) is 7.37. The van der Waals surface area contributed by atoms with Crippen LogP contribution in [0.2, 0.25) is 0 Å². The van der Waals surface area contributed by atoms with E-state index in [-0.39, 0.29) is 32.3 Å². The van der Waals surface area contributed by atoms with Crippen molar-refractivity contribution in [2.75, 3.05) is 13.7 Å². The second-order valence-electron chi connectivity index (χ2n) is 7.76. The number of benzene rings is 1. The molecule has 0 radical (unpaired) electrons. The smallest absolute Gasteiger partial charge is 0.307 e. The number of hydrogen-bond donors (Lipinski definition) is 0. The van der Waals surface area contributed by atoms with Crippen LogP contribution in [-0.2, 0) is 38.0 Å². The quantitative estimate of drug-likeness (QED) is 0.405. The molecular weight excluding hydrogens is 464 g/mol. The lowest BCUT2D eigenvalue weighted by Gasteiger charge is -2.47. The van der Waals surface area contributed by atoms with Gasteiger partial charge in [0, 0.05) is 25.5 Å². The molecule has 36 heavy (non-hydrogen) atoms. The van der Waals surface area contributed by atoms with Crippen LogP contribution in [0.15, 0.2) is 30.3 Å². The highest BCUT2D eigenvalue weighted by molar-refractivity contribution is 5.71. The molecule has 8 heteroatoms. The Balaban J connectivity index is 1.81. The van der Waals surface area contributed by atoms with Crippen molar-refractivity contribution in [3.05, 3.63) is 35.9 Å². The Hall–Kier alpha value is -3.76. The van der Waals surface area contributed by atoms with Crippen molar-refractivity contribution in [1.29, 1.82) is 0 Å². The van der Waals surface area contributed by atoms with Crippen LogP contribution in [0.4, 0.5) is 0 Å². The second-order valence-corrected chi connectivity index (χ2v) is 7.76. The third-order valence-corrected chi connectivity index (χ3v) is 5.35. The molecule has 1 aromatic rings. The highest BCUT2D eigenvalue weighted by Crippen LogP contribution is 2.36. The molecule has 1 aromatic carbocycles. The summed E-state index contributed by atoms with van der Waals surface area (Å²) in [6.45, 7) is 0.147. The first-order valence-corrected chi connectivity index (χ1v) is 11.3. The van der Waals surface area contributed by atoms with Crippen molar-refractivity contribution in [2.24, 2.45) is 0 Å². The molecular formula is C28H26O8. The predicted molar refractivity (Wildman–Crippen MR) is 127 cm³/mol. The standard InChI is InChI=1S/C28H26O8/c1-4-6-8-13-17-22(29)34-25-24-21(19-32-27(36-24)20-15-11-10-12-16-20)33-28(31-3)26(25)35-23(30)18-14-9-7-5-2/h1-2,10-12,15-16,21,24-28H,13-14,17-19H2,3H3/t21-,24-,25+,26-,27-,28+/m1/s1. The molecule has 2 aliphatic rings. The van der Waals surface area contributed by atoms with Crippen molar-refractivity contribution in [2.45, 2.75) is 62.7 Å². The summed E-state index contributed by atoms with van der Waals surface area (Å²) < 4.78 is 34.9. The van der Waals surface area contributed by atoms with Gasteiger partial charge in [-0.25, -0.2) is 0 Å². The summed E-state index contributed by atoms with van der Waals surface area (Å²) in [7, 11) is 1.40. The lowest BCUT2D eigenvalue weighted by Crippen LogP contribution is -2.64. The summed E-state index contributed by atoms with van der Waals surface area (Å²) in [6, 6.07) is 9.29. The van der Waals surface area contributed by atoms with Crippen LogP contribution in [0.1, 0.15) is 37.5 Å². The van der Waals surface area contributed by atoms with Gasteiger partial charge in [0.25, 0.3) is 0 Å². The van der Waals surface area contributed by atoms with Gasteiger partial charge in [-0.3, -0.25) is 9.59 Å². The van der Waals surface area contributed by atoms with Gasteiger partial charge >= 0.3 is 11.9 Å². The molecule has 0 amide bonds. The van der Waals surface area contributed by atoms with Crippen LogP contribution in [-0.4, -0.2) is 56.4 Å². The van der Waals surface area contributed by atoms with E-state index in [4.69, 9.17) is 41.3 Å². The molecule has 3 rings (SSSR count). The van der Waals surface area contributed by atoms with Gasteiger partial charge in [-0.2, -0.15) is 0 Å². The van der Waals surface area contributed by atoms with E-state index in [1.165, 1.54) is 7.11 Å². The molecule has 8 nitrogen and oxygen atoms in total. The minimum absolute atomic E-state index is 0.0119. The van der Waals surface area contributed by atoms with E-state index in [9.17, 15) is 9.59 Å². The zero-order valence-electron chi connectivity index (χ0n) is 19.8. The van der Waals surface area contributed by atoms with Gasteiger partial charge in [0.2, 0.25) is 0 Å². The van der Waals surface area contributed by atoms with Crippen LogP contribution in [0, 0.1) is 48.4 Å². The van der Waals surface area contributed by atoms with E-state index in [2.05, 4.69) is 35.5 Å². The normalized spacial score (nSPS) is 26.3. The fourth-order valence-corrected chi connectivity index (χ4v) is 3.75.